The summed E-state index contributed by atoms with van der Waals surface area (Å²) in [6.45, 7) is 5.01. The molecule has 2 heterocycles. The highest BCUT2D eigenvalue weighted by Gasteiger charge is 2.37. The fourth-order valence-corrected chi connectivity index (χ4v) is 4.37. The van der Waals surface area contributed by atoms with Crippen molar-refractivity contribution >= 4 is 12.2 Å². The van der Waals surface area contributed by atoms with E-state index >= 15 is 0 Å². The molecule has 2 aromatic rings. The van der Waals surface area contributed by atoms with E-state index in [9.17, 15) is 14.7 Å². The van der Waals surface area contributed by atoms with Gasteiger partial charge in [-0.05, 0) is 56.9 Å². The van der Waals surface area contributed by atoms with E-state index in [1.807, 2.05) is 43.0 Å². The predicted octanol–water partition coefficient (Wildman–Crippen LogP) is 4.10. The SMILES string of the molecule is CC1(C)OC[C@@H](c2ccccc2C(=O)N2CCCC[C@H]2COc2cccc(O)c2C=O)O1. The Labute approximate surface area is 187 Å². The molecule has 2 aliphatic rings. The number of nitrogens with zero attached hydrogens (tertiary/aromatic N) is 1. The fourth-order valence-electron chi connectivity index (χ4n) is 4.37. The zero-order chi connectivity index (χ0) is 22.7. The van der Waals surface area contributed by atoms with Crippen LogP contribution in [0.25, 0.3) is 0 Å². The minimum Gasteiger partial charge on any atom is -0.507 e. The Morgan fingerprint density at radius 2 is 2.03 bits per heavy atom. The second kappa shape index (κ2) is 9.30. The van der Waals surface area contributed by atoms with Gasteiger partial charge in [0.15, 0.2) is 12.1 Å². The van der Waals surface area contributed by atoms with Gasteiger partial charge in [-0.25, -0.2) is 0 Å². The van der Waals surface area contributed by atoms with Crippen LogP contribution in [0.5, 0.6) is 11.5 Å². The van der Waals surface area contributed by atoms with Gasteiger partial charge in [-0.15, -0.1) is 0 Å². The zero-order valence-corrected chi connectivity index (χ0v) is 18.5. The molecule has 0 spiro atoms. The van der Waals surface area contributed by atoms with Gasteiger partial charge in [0.25, 0.3) is 5.91 Å². The molecule has 2 fully saturated rings. The number of phenolic OH excluding ortho intramolecular Hbond substituents is 1. The first-order valence-corrected chi connectivity index (χ1v) is 11.0. The monoisotopic (exact) mass is 439 g/mol. The number of ether oxygens (including phenoxy) is 3. The van der Waals surface area contributed by atoms with Crippen molar-refractivity contribution in [2.75, 3.05) is 19.8 Å². The maximum absolute atomic E-state index is 13.6. The Morgan fingerprint density at radius 3 is 2.78 bits per heavy atom. The summed E-state index contributed by atoms with van der Waals surface area (Å²) in [6, 6.07) is 12.1. The van der Waals surface area contributed by atoms with Gasteiger partial charge in [-0.2, -0.15) is 0 Å². The maximum Gasteiger partial charge on any atom is 0.254 e. The van der Waals surface area contributed by atoms with E-state index in [2.05, 4.69) is 0 Å². The summed E-state index contributed by atoms with van der Waals surface area (Å²) in [4.78, 5) is 26.8. The first kappa shape index (κ1) is 22.3. The highest BCUT2D eigenvalue weighted by atomic mass is 16.7. The van der Waals surface area contributed by atoms with Crippen LogP contribution >= 0.6 is 0 Å². The summed E-state index contributed by atoms with van der Waals surface area (Å²) in [7, 11) is 0. The summed E-state index contributed by atoms with van der Waals surface area (Å²) >= 11 is 0. The minimum atomic E-state index is -0.681. The molecule has 7 heteroatoms. The van der Waals surface area contributed by atoms with Gasteiger partial charge in [-0.3, -0.25) is 9.59 Å². The normalized spacial score (nSPS) is 22.5. The molecule has 2 saturated heterocycles. The number of aromatic hydroxyl groups is 1. The Kier molecular flexibility index (Phi) is 6.48. The third-order valence-corrected chi connectivity index (χ3v) is 6.03. The summed E-state index contributed by atoms with van der Waals surface area (Å²) in [5.41, 5.74) is 1.55. The Hall–Kier alpha value is -2.90. The Morgan fingerprint density at radius 1 is 1.22 bits per heavy atom. The molecular weight excluding hydrogens is 410 g/mol. The second-order valence-corrected chi connectivity index (χ2v) is 8.67. The third kappa shape index (κ3) is 4.64. The van der Waals surface area contributed by atoms with E-state index in [0.29, 0.717) is 30.8 Å². The van der Waals surface area contributed by atoms with Crippen LogP contribution < -0.4 is 4.74 Å². The number of likely N-dealkylation sites (tertiary alicyclic amines) is 1. The van der Waals surface area contributed by atoms with Gasteiger partial charge in [0.05, 0.1) is 18.2 Å². The van der Waals surface area contributed by atoms with E-state index in [0.717, 1.165) is 24.8 Å². The molecular formula is C25H29NO6. The van der Waals surface area contributed by atoms with Crippen molar-refractivity contribution in [3.8, 4) is 11.5 Å². The number of carbonyl (C=O) groups excluding carboxylic acids is 2. The van der Waals surface area contributed by atoms with E-state index in [-0.39, 0.29) is 36.0 Å². The second-order valence-electron chi connectivity index (χ2n) is 8.67. The highest BCUT2D eigenvalue weighted by molar-refractivity contribution is 5.96. The standard InChI is InChI=1S/C25H29NO6/c1-25(2)31-16-23(32-25)18-9-3-4-10-19(18)24(29)26-13-6-5-8-17(26)15-30-22-12-7-11-21(28)20(22)14-27/h3-4,7,9-12,14,17,23,28H,5-6,8,13,15-16H2,1-2H3/t17-,23-/m0/s1. The predicted molar refractivity (Wildman–Crippen MR) is 118 cm³/mol. The summed E-state index contributed by atoms with van der Waals surface area (Å²) in [5, 5.41) is 9.89. The Bertz CT molecular complexity index is 988. The van der Waals surface area contributed by atoms with E-state index < -0.39 is 5.79 Å². The van der Waals surface area contributed by atoms with Crippen molar-refractivity contribution in [3.63, 3.8) is 0 Å². The molecule has 2 aromatic carbocycles. The van der Waals surface area contributed by atoms with Crippen LogP contribution in [0.4, 0.5) is 0 Å². The van der Waals surface area contributed by atoms with Crippen molar-refractivity contribution in [2.24, 2.45) is 0 Å². The smallest absolute Gasteiger partial charge is 0.254 e. The molecule has 2 aliphatic heterocycles. The maximum atomic E-state index is 13.6. The lowest BCUT2D eigenvalue weighted by molar-refractivity contribution is -0.139. The van der Waals surface area contributed by atoms with Crippen LogP contribution in [0.15, 0.2) is 42.5 Å². The van der Waals surface area contributed by atoms with Crippen molar-refractivity contribution in [1.29, 1.82) is 0 Å². The van der Waals surface area contributed by atoms with Crippen molar-refractivity contribution in [3.05, 3.63) is 59.2 Å². The van der Waals surface area contributed by atoms with E-state index in [1.165, 1.54) is 6.07 Å². The topological polar surface area (TPSA) is 85.3 Å². The molecule has 0 saturated carbocycles. The number of piperidine rings is 1. The van der Waals surface area contributed by atoms with Gasteiger partial charge in [0.1, 0.15) is 24.2 Å². The van der Waals surface area contributed by atoms with Crippen molar-refractivity contribution in [1.82, 2.24) is 4.90 Å². The molecule has 170 valence electrons. The molecule has 4 rings (SSSR count). The summed E-state index contributed by atoms with van der Waals surface area (Å²) in [5.74, 6) is -0.546. The number of hydrogen-bond acceptors (Lipinski definition) is 6. The number of aldehydes is 1. The van der Waals surface area contributed by atoms with Gasteiger partial charge in [-0.1, -0.05) is 24.3 Å². The van der Waals surface area contributed by atoms with Crippen LogP contribution in [0.1, 0.15) is 65.5 Å². The van der Waals surface area contributed by atoms with Gasteiger partial charge in [0, 0.05) is 12.1 Å². The molecule has 0 aliphatic carbocycles. The molecule has 0 aromatic heterocycles. The van der Waals surface area contributed by atoms with Crippen LogP contribution in [0.3, 0.4) is 0 Å². The van der Waals surface area contributed by atoms with Crippen molar-refractivity contribution in [2.45, 2.75) is 51.0 Å². The zero-order valence-electron chi connectivity index (χ0n) is 18.5. The fraction of sp³-hybridized carbons (Fsp3) is 0.440. The lowest BCUT2D eigenvalue weighted by atomic mass is 9.97. The number of benzene rings is 2. The molecule has 0 bridgehead atoms. The average molecular weight is 440 g/mol. The number of rotatable bonds is 6. The quantitative estimate of drug-likeness (QED) is 0.682. The van der Waals surface area contributed by atoms with Crippen LogP contribution in [0, 0.1) is 0 Å². The minimum absolute atomic E-state index is 0.0614. The number of amides is 1. The molecule has 1 amide bonds. The lowest BCUT2D eigenvalue weighted by Crippen LogP contribution is -2.47. The number of carbonyl (C=O) groups is 2. The molecule has 0 radical (unpaired) electrons. The van der Waals surface area contributed by atoms with Gasteiger partial charge < -0.3 is 24.2 Å². The summed E-state index contributed by atoms with van der Waals surface area (Å²) < 4.78 is 17.6. The number of phenols is 1. The Balaban J connectivity index is 1.53. The van der Waals surface area contributed by atoms with Crippen molar-refractivity contribution < 1.29 is 28.9 Å². The number of hydrogen-bond donors (Lipinski definition) is 1. The third-order valence-electron chi connectivity index (χ3n) is 6.03. The molecule has 2 atom stereocenters. The van der Waals surface area contributed by atoms with E-state index in [4.69, 9.17) is 14.2 Å². The first-order valence-electron chi connectivity index (χ1n) is 11.0. The van der Waals surface area contributed by atoms with Crippen LogP contribution in [-0.2, 0) is 9.47 Å². The van der Waals surface area contributed by atoms with E-state index in [1.54, 1.807) is 12.1 Å². The average Bonchev–Trinajstić information content (AvgIpc) is 3.17. The van der Waals surface area contributed by atoms with Gasteiger partial charge in [0.2, 0.25) is 0 Å². The molecule has 1 N–H and O–H groups in total. The largest absolute Gasteiger partial charge is 0.507 e. The van der Waals surface area contributed by atoms with Gasteiger partial charge >= 0.3 is 0 Å². The molecule has 0 unspecified atom stereocenters. The lowest BCUT2D eigenvalue weighted by Gasteiger charge is -2.36. The summed E-state index contributed by atoms with van der Waals surface area (Å²) in [6.07, 6.45) is 3.00. The first-order chi connectivity index (χ1) is 15.4. The molecule has 7 nitrogen and oxygen atoms in total. The van der Waals surface area contributed by atoms with Crippen LogP contribution in [0.2, 0.25) is 0 Å². The molecule has 32 heavy (non-hydrogen) atoms. The highest BCUT2D eigenvalue weighted by Crippen LogP contribution is 2.35. The van der Waals surface area contributed by atoms with Crippen LogP contribution in [-0.4, -0.2) is 53.8 Å².